The van der Waals surface area contributed by atoms with Crippen LogP contribution in [-0.2, 0) is 11.2 Å². The highest BCUT2D eigenvalue weighted by Crippen LogP contribution is 2.25. The smallest absolute Gasteiger partial charge is 0.324 e. The van der Waals surface area contributed by atoms with Gasteiger partial charge in [-0.1, -0.05) is 6.07 Å². The van der Waals surface area contributed by atoms with Crippen molar-refractivity contribution in [3.63, 3.8) is 0 Å². The minimum atomic E-state index is -1.55. The van der Waals surface area contributed by atoms with E-state index in [9.17, 15) is 9.18 Å². The quantitative estimate of drug-likeness (QED) is 0.869. The Morgan fingerprint density at radius 2 is 2.29 bits per heavy atom. The zero-order chi connectivity index (χ0) is 13.1. The van der Waals surface area contributed by atoms with Crippen molar-refractivity contribution in [2.75, 3.05) is 7.11 Å². The van der Waals surface area contributed by atoms with Gasteiger partial charge in [0.1, 0.15) is 0 Å². The lowest BCUT2D eigenvalue weighted by Gasteiger charge is -2.16. The SMILES string of the molecule is COc1ccc(CC(C)(C#N)C(=O)O)cc1F. The van der Waals surface area contributed by atoms with E-state index in [1.807, 2.05) is 0 Å². The van der Waals surface area contributed by atoms with Crippen molar-refractivity contribution in [3.8, 4) is 11.8 Å². The van der Waals surface area contributed by atoms with E-state index in [1.54, 1.807) is 12.1 Å². The normalized spacial score (nSPS) is 13.5. The van der Waals surface area contributed by atoms with E-state index in [4.69, 9.17) is 15.1 Å². The summed E-state index contributed by atoms with van der Waals surface area (Å²) in [5.41, 5.74) is -1.11. The molecule has 17 heavy (non-hydrogen) atoms. The van der Waals surface area contributed by atoms with Crippen LogP contribution in [0.3, 0.4) is 0 Å². The third-order valence-electron chi connectivity index (χ3n) is 2.49. The highest BCUT2D eigenvalue weighted by molar-refractivity contribution is 5.77. The Balaban J connectivity index is 3.01. The molecule has 0 aliphatic heterocycles. The van der Waals surface area contributed by atoms with Crippen LogP contribution in [0.2, 0.25) is 0 Å². The zero-order valence-electron chi connectivity index (χ0n) is 9.53. The van der Waals surface area contributed by atoms with Crippen LogP contribution in [0.25, 0.3) is 0 Å². The van der Waals surface area contributed by atoms with Crippen LogP contribution in [0.15, 0.2) is 18.2 Å². The molecule has 0 aliphatic rings. The maximum atomic E-state index is 13.4. The maximum absolute atomic E-state index is 13.4. The van der Waals surface area contributed by atoms with Gasteiger partial charge in [-0.3, -0.25) is 4.79 Å². The average Bonchev–Trinajstić information content (AvgIpc) is 2.29. The fourth-order valence-electron chi connectivity index (χ4n) is 1.39. The largest absolute Gasteiger partial charge is 0.494 e. The number of halogens is 1. The minimum absolute atomic E-state index is 0.0558. The molecule has 0 aromatic heterocycles. The highest BCUT2D eigenvalue weighted by Gasteiger charge is 2.33. The first-order valence-electron chi connectivity index (χ1n) is 4.90. The third-order valence-corrected chi connectivity index (χ3v) is 2.49. The summed E-state index contributed by atoms with van der Waals surface area (Å²) < 4.78 is 18.1. The van der Waals surface area contributed by atoms with Gasteiger partial charge in [-0.2, -0.15) is 5.26 Å². The minimum Gasteiger partial charge on any atom is -0.494 e. The zero-order valence-corrected chi connectivity index (χ0v) is 9.53. The van der Waals surface area contributed by atoms with E-state index in [1.165, 1.54) is 26.2 Å². The monoisotopic (exact) mass is 237 g/mol. The molecule has 4 nitrogen and oxygen atoms in total. The van der Waals surface area contributed by atoms with Crippen LogP contribution in [0.5, 0.6) is 5.75 Å². The predicted octanol–water partition coefficient (Wildman–Crippen LogP) is 1.99. The molecule has 1 unspecified atom stereocenters. The number of hydrogen-bond donors (Lipinski definition) is 1. The van der Waals surface area contributed by atoms with E-state index >= 15 is 0 Å². The summed E-state index contributed by atoms with van der Waals surface area (Å²) in [6.45, 7) is 1.30. The molecule has 1 aromatic rings. The Bertz CT molecular complexity index is 481. The van der Waals surface area contributed by atoms with Gasteiger partial charge in [0.15, 0.2) is 17.0 Å². The number of methoxy groups -OCH3 is 1. The van der Waals surface area contributed by atoms with Crippen molar-refractivity contribution in [2.45, 2.75) is 13.3 Å². The van der Waals surface area contributed by atoms with Crippen LogP contribution in [0, 0.1) is 22.6 Å². The molecule has 0 amide bonds. The average molecular weight is 237 g/mol. The summed E-state index contributed by atoms with van der Waals surface area (Å²) in [6.07, 6.45) is -0.0558. The predicted molar refractivity (Wildman–Crippen MR) is 58.0 cm³/mol. The topological polar surface area (TPSA) is 70.3 Å². The van der Waals surface area contributed by atoms with Gasteiger partial charge in [0, 0.05) is 6.42 Å². The molecule has 0 saturated carbocycles. The van der Waals surface area contributed by atoms with Gasteiger partial charge in [-0.25, -0.2) is 4.39 Å². The number of ether oxygens (including phenoxy) is 1. The fraction of sp³-hybridized carbons (Fsp3) is 0.333. The van der Waals surface area contributed by atoms with Gasteiger partial charge >= 0.3 is 5.97 Å². The van der Waals surface area contributed by atoms with Gasteiger partial charge in [0.25, 0.3) is 0 Å². The van der Waals surface area contributed by atoms with Crippen LogP contribution in [0.1, 0.15) is 12.5 Å². The van der Waals surface area contributed by atoms with Crippen molar-refractivity contribution >= 4 is 5.97 Å². The lowest BCUT2D eigenvalue weighted by molar-refractivity contribution is -0.144. The third kappa shape index (κ3) is 2.72. The fourth-order valence-corrected chi connectivity index (χ4v) is 1.39. The molecule has 0 fully saturated rings. The molecule has 0 heterocycles. The summed E-state index contributed by atoms with van der Waals surface area (Å²) in [4.78, 5) is 10.9. The van der Waals surface area contributed by atoms with Gasteiger partial charge < -0.3 is 9.84 Å². The van der Waals surface area contributed by atoms with Crippen molar-refractivity contribution in [2.24, 2.45) is 5.41 Å². The Hall–Kier alpha value is -2.09. The van der Waals surface area contributed by atoms with Gasteiger partial charge in [-0.15, -0.1) is 0 Å². The second-order valence-corrected chi connectivity index (χ2v) is 3.89. The first-order valence-corrected chi connectivity index (χ1v) is 4.90. The van der Waals surface area contributed by atoms with E-state index in [0.29, 0.717) is 5.56 Å². The lowest BCUT2D eigenvalue weighted by atomic mass is 9.85. The molecule has 1 rings (SSSR count). The first kappa shape index (κ1) is 13.0. The van der Waals surface area contributed by atoms with Crippen LogP contribution < -0.4 is 4.74 Å². The van der Waals surface area contributed by atoms with Crippen LogP contribution in [0.4, 0.5) is 4.39 Å². The molecule has 90 valence electrons. The van der Waals surface area contributed by atoms with Gasteiger partial charge in [0.2, 0.25) is 0 Å². The van der Waals surface area contributed by atoms with E-state index in [2.05, 4.69) is 0 Å². The van der Waals surface area contributed by atoms with E-state index in [-0.39, 0.29) is 12.2 Å². The Morgan fingerprint density at radius 1 is 1.65 bits per heavy atom. The molecule has 1 atom stereocenters. The van der Waals surface area contributed by atoms with Crippen molar-refractivity contribution in [3.05, 3.63) is 29.6 Å². The highest BCUT2D eigenvalue weighted by atomic mass is 19.1. The second kappa shape index (κ2) is 4.83. The molecule has 5 heteroatoms. The second-order valence-electron chi connectivity index (χ2n) is 3.89. The Kier molecular flexibility index (Phi) is 3.69. The van der Waals surface area contributed by atoms with E-state index < -0.39 is 17.2 Å². The molecule has 0 bridgehead atoms. The standard InChI is InChI=1S/C12H12FNO3/c1-12(7-14,11(15)16)6-8-3-4-10(17-2)9(13)5-8/h3-5H,6H2,1-2H3,(H,15,16). The van der Waals surface area contributed by atoms with Crippen molar-refractivity contribution in [1.29, 1.82) is 5.26 Å². The number of rotatable bonds is 4. The molecule has 0 saturated heterocycles. The molecule has 1 N–H and O–H groups in total. The Labute approximate surface area is 98.2 Å². The van der Waals surface area contributed by atoms with Crippen molar-refractivity contribution in [1.82, 2.24) is 0 Å². The molecular formula is C12H12FNO3. The summed E-state index contributed by atoms with van der Waals surface area (Å²) in [5, 5.41) is 17.8. The number of nitriles is 1. The maximum Gasteiger partial charge on any atom is 0.324 e. The van der Waals surface area contributed by atoms with Gasteiger partial charge in [-0.05, 0) is 24.6 Å². The summed E-state index contributed by atoms with van der Waals surface area (Å²) in [6, 6.07) is 5.85. The van der Waals surface area contributed by atoms with Crippen molar-refractivity contribution < 1.29 is 19.0 Å². The number of carbonyl (C=O) groups is 1. The molecule has 0 aliphatic carbocycles. The van der Waals surface area contributed by atoms with Crippen LogP contribution >= 0.6 is 0 Å². The first-order chi connectivity index (χ1) is 7.92. The molecular weight excluding hydrogens is 225 g/mol. The number of aliphatic carboxylic acids is 1. The van der Waals surface area contributed by atoms with E-state index in [0.717, 1.165) is 0 Å². The number of carboxylic acid groups (broad SMARTS) is 1. The summed E-state index contributed by atoms with van der Waals surface area (Å²) >= 11 is 0. The number of benzene rings is 1. The Morgan fingerprint density at radius 3 is 2.71 bits per heavy atom. The number of nitrogens with zero attached hydrogens (tertiary/aromatic N) is 1. The molecule has 1 aromatic carbocycles. The molecule has 0 spiro atoms. The number of carboxylic acids is 1. The van der Waals surface area contributed by atoms with Crippen LogP contribution in [-0.4, -0.2) is 18.2 Å². The summed E-state index contributed by atoms with van der Waals surface area (Å²) in [7, 11) is 1.34. The molecule has 0 radical (unpaired) electrons. The number of hydrogen-bond acceptors (Lipinski definition) is 3. The lowest BCUT2D eigenvalue weighted by Crippen LogP contribution is -2.28. The van der Waals surface area contributed by atoms with Gasteiger partial charge in [0.05, 0.1) is 13.2 Å². The summed E-state index contributed by atoms with van der Waals surface area (Å²) in [5.74, 6) is -1.71.